The fourth-order valence-corrected chi connectivity index (χ4v) is 2.87. The number of benzene rings is 1. The lowest BCUT2D eigenvalue weighted by Gasteiger charge is -2.17. The third-order valence-corrected chi connectivity index (χ3v) is 3.53. The number of halogens is 1. The molecule has 2 nitrogen and oxygen atoms in total. The van der Waals surface area contributed by atoms with Gasteiger partial charge in [-0.3, -0.25) is 0 Å². The van der Waals surface area contributed by atoms with Crippen molar-refractivity contribution in [1.82, 2.24) is 0 Å². The molecule has 0 saturated carbocycles. The Morgan fingerprint density at radius 2 is 1.84 bits per heavy atom. The standard InChI is InChI=1S/C16H22BrNO/c1-5-7-18(8-6-2)9-10-19-16-14(4)11-13(3)12-15(16)17/h5-6,11-12H,1-2,7-10H2,3-4H3/p+1. The predicted octanol–water partition coefficient (Wildman–Crippen LogP) is 2.70. The summed E-state index contributed by atoms with van der Waals surface area (Å²) in [5, 5.41) is 0. The fourth-order valence-electron chi connectivity index (χ4n) is 2.08. The summed E-state index contributed by atoms with van der Waals surface area (Å²) in [6.45, 7) is 15.2. The first kappa shape index (κ1) is 16.0. The van der Waals surface area contributed by atoms with Crippen molar-refractivity contribution in [1.29, 1.82) is 0 Å². The van der Waals surface area contributed by atoms with E-state index in [9.17, 15) is 0 Å². The van der Waals surface area contributed by atoms with E-state index in [4.69, 9.17) is 4.74 Å². The quantitative estimate of drug-likeness (QED) is 0.726. The summed E-state index contributed by atoms with van der Waals surface area (Å²) in [7, 11) is 0. The number of ether oxygens (including phenoxy) is 1. The van der Waals surface area contributed by atoms with Gasteiger partial charge in [-0.25, -0.2) is 0 Å². The highest BCUT2D eigenvalue weighted by Gasteiger charge is 2.09. The summed E-state index contributed by atoms with van der Waals surface area (Å²) in [6.07, 6.45) is 3.87. The highest BCUT2D eigenvalue weighted by molar-refractivity contribution is 9.10. The predicted molar refractivity (Wildman–Crippen MR) is 85.1 cm³/mol. The molecule has 0 heterocycles. The second-order valence-electron chi connectivity index (χ2n) is 4.73. The van der Waals surface area contributed by atoms with Crippen molar-refractivity contribution in [2.75, 3.05) is 26.2 Å². The number of aryl methyl sites for hydroxylation is 2. The SMILES string of the molecule is C=CC[NH+](CC=C)CCOc1c(C)cc(C)cc1Br. The van der Waals surface area contributed by atoms with E-state index in [1.807, 2.05) is 12.2 Å². The topological polar surface area (TPSA) is 13.7 Å². The smallest absolute Gasteiger partial charge is 0.137 e. The van der Waals surface area contributed by atoms with Gasteiger partial charge in [0.1, 0.15) is 18.9 Å². The Labute approximate surface area is 124 Å². The van der Waals surface area contributed by atoms with Gasteiger partial charge in [-0.2, -0.15) is 0 Å². The van der Waals surface area contributed by atoms with E-state index < -0.39 is 0 Å². The van der Waals surface area contributed by atoms with E-state index in [-0.39, 0.29) is 0 Å². The van der Waals surface area contributed by atoms with Crippen LogP contribution in [0.15, 0.2) is 41.9 Å². The van der Waals surface area contributed by atoms with Gasteiger partial charge in [0.15, 0.2) is 0 Å². The van der Waals surface area contributed by atoms with Crippen LogP contribution in [0.25, 0.3) is 0 Å². The van der Waals surface area contributed by atoms with Crippen molar-refractivity contribution in [3.8, 4) is 5.75 Å². The van der Waals surface area contributed by atoms with Crippen LogP contribution < -0.4 is 9.64 Å². The van der Waals surface area contributed by atoms with E-state index in [0.29, 0.717) is 6.61 Å². The second kappa shape index (κ2) is 8.18. The van der Waals surface area contributed by atoms with Crippen molar-refractivity contribution in [3.63, 3.8) is 0 Å². The molecule has 0 saturated heterocycles. The summed E-state index contributed by atoms with van der Waals surface area (Å²) < 4.78 is 6.94. The minimum Gasteiger partial charge on any atom is -0.486 e. The lowest BCUT2D eigenvalue weighted by atomic mass is 10.1. The van der Waals surface area contributed by atoms with Gasteiger partial charge in [0.2, 0.25) is 0 Å². The van der Waals surface area contributed by atoms with Crippen LogP contribution in [-0.2, 0) is 0 Å². The summed E-state index contributed by atoms with van der Waals surface area (Å²) in [4.78, 5) is 1.41. The maximum Gasteiger partial charge on any atom is 0.137 e. The molecule has 0 bridgehead atoms. The zero-order chi connectivity index (χ0) is 14.3. The Bertz CT molecular complexity index is 409. The first-order valence-corrected chi connectivity index (χ1v) is 7.32. The summed E-state index contributed by atoms with van der Waals surface area (Å²) in [6, 6.07) is 4.22. The molecule has 0 atom stereocenters. The van der Waals surface area contributed by atoms with Gasteiger partial charge in [-0.05, 0) is 59.1 Å². The molecule has 0 unspecified atom stereocenters. The maximum absolute atomic E-state index is 5.91. The lowest BCUT2D eigenvalue weighted by Crippen LogP contribution is -3.12. The molecular weight excluding hydrogens is 302 g/mol. The molecule has 104 valence electrons. The van der Waals surface area contributed by atoms with Crippen molar-refractivity contribution in [3.05, 3.63) is 53.0 Å². The average Bonchev–Trinajstić information content (AvgIpc) is 2.32. The Kier molecular flexibility index (Phi) is 6.89. The van der Waals surface area contributed by atoms with Crippen LogP contribution in [0.1, 0.15) is 11.1 Å². The summed E-state index contributed by atoms with van der Waals surface area (Å²) in [5.41, 5.74) is 2.41. The van der Waals surface area contributed by atoms with Crippen molar-refractivity contribution < 1.29 is 9.64 Å². The van der Waals surface area contributed by atoms with Gasteiger partial charge >= 0.3 is 0 Å². The first-order chi connectivity index (χ1) is 9.08. The number of hydrogen-bond donors (Lipinski definition) is 1. The summed E-state index contributed by atoms with van der Waals surface area (Å²) in [5.74, 6) is 0.946. The van der Waals surface area contributed by atoms with Gasteiger partial charge in [0.25, 0.3) is 0 Å². The van der Waals surface area contributed by atoms with Gasteiger partial charge in [0, 0.05) is 0 Å². The van der Waals surface area contributed by atoms with Gasteiger partial charge < -0.3 is 9.64 Å². The van der Waals surface area contributed by atoms with Crippen molar-refractivity contribution in [2.24, 2.45) is 0 Å². The Morgan fingerprint density at radius 1 is 1.21 bits per heavy atom. The molecule has 0 aliphatic carbocycles. The van der Waals surface area contributed by atoms with E-state index in [0.717, 1.165) is 29.9 Å². The van der Waals surface area contributed by atoms with Gasteiger partial charge in [-0.1, -0.05) is 19.2 Å². The molecule has 1 rings (SSSR count). The molecule has 0 spiro atoms. The molecule has 1 aromatic rings. The molecular formula is C16H23BrNO+. The number of nitrogens with one attached hydrogen (secondary N) is 1. The van der Waals surface area contributed by atoms with E-state index in [1.165, 1.54) is 16.0 Å². The normalized spacial score (nSPS) is 10.5. The minimum atomic E-state index is 0.694. The lowest BCUT2D eigenvalue weighted by molar-refractivity contribution is -0.888. The zero-order valence-corrected chi connectivity index (χ0v) is 13.4. The highest BCUT2D eigenvalue weighted by Crippen LogP contribution is 2.29. The van der Waals surface area contributed by atoms with Crippen LogP contribution >= 0.6 is 15.9 Å². The number of hydrogen-bond acceptors (Lipinski definition) is 1. The Balaban J connectivity index is 2.57. The average molecular weight is 325 g/mol. The van der Waals surface area contributed by atoms with Crippen molar-refractivity contribution in [2.45, 2.75) is 13.8 Å². The highest BCUT2D eigenvalue weighted by atomic mass is 79.9. The molecule has 0 aliphatic heterocycles. The molecule has 3 heteroatoms. The molecule has 0 fully saturated rings. The van der Waals surface area contributed by atoms with Crippen LogP contribution in [0.4, 0.5) is 0 Å². The fraction of sp³-hybridized carbons (Fsp3) is 0.375. The zero-order valence-electron chi connectivity index (χ0n) is 11.8. The van der Waals surface area contributed by atoms with Crippen LogP contribution in [0.2, 0.25) is 0 Å². The Morgan fingerprint density at radius 3 is 2.37 bits per heavy atom. The van der Waals surface area contributed by atoms with Gasteiger partial charge in [0.05, 0.1) is 17.6 Å². The van der Waals surface area contributed by atoms with E-state index in [2.05, 4.69) is 55.1 Å². The molecule has 19 heavy (non-hydrogen) atoms. The largest absolute Gasteiger partial charge is 0.486 e. The first-order valence-electron chi connectivity index (χ1n) is 6.53. The molecule has 1 aromatic carbocycles. The van der Waals surface area contributed by atoms with Gasteiger partial charge in [-0.15, -0.1) is 0 Å². The monoisotopic (exact) mass is 324 g/mol. The molecule has 0 radical (unpaired) electrons. The van der Waals surface area contributed by atoms with Crippen LogP contribution in [0, 0.1) is 13.8 Å². The third kappa shape index (κ3) is 5.21. The molecule has 1 N–H and O–H groups in total. The Hall–Kier alpha value is -1.06. The molecule has 0 aromatic heterocycles. The number of quaternary nitrogens is 1. The molecule has 0 amide bonds. The molecule has 0 aliphatic rings. The van der Waals surface area contributed by atoms with Crippen LogP contribution in [0.5, 0.6) is 5.75 Å². The van der Waals surface area contributed by atoms with Crippen LogP contribution in [0.3, 0.4) is 0 Å². The summed E-state index contributed by atoms with van der Waals surface area (Å²) >= 11 is 3.56. The van der Waals surface area contributed by atoms with Crippen LogP contribution in [-0.4, -0.2) is 26.2 Å². The van der Waals surface area contributed by atoms with Crippen molar-refractivity contribution >= 4 is 15.9 Å². The number of rotatable bonds is 8. The van der Waals surface area contributed by atoms with E-state index >= 15 is 0 Å². The minimum absolute atomic E-state index is 0.694. The third-order valence-electron chi connectivity index (χ3n) is 2.94. The maximum atomic E-state index is 5.91. The van der Waals surface area contributed by atoms with E-state index in [1.54, 1.807) is 0 Å². The second-order valence-corrected chi connectivity index (χ2v) is 5.58.